The lowest BCUT2D eigenvalue weighted by Gasteiger charge is -2.28. The van der Waals surface area contributed by atoms with Crippen LogP contribution in [-0.4, -0.2) is 32.3 Å². The van der Waals surface area contributed by atoms with Crippen molar-refractivity contribution in [3.8, 4) is 0 Å². The number of carbonyl (C=O) groups excluding carboxylic acids is 1. The number of fused-ring (bicyclic) bond motifs is 1. The number of nitrogen functional groups attached to an aromatic ring is 1. The molecule has 0 saturated heterocycles. The van der Waals surface area contributed by atoms with E-state index >= 15 is 0 Å². The molecule has 1 aromatic carbocycles. The number of hydrogen-bond donors (Lipinski definition) is 1. The lowest BCUT2D eigenvalue weighted by Crippen LogP contribution is -2.36. The molecule has 126 valence electrons. The maximum absolute atomic E-state index is 12.8. The van der Waals surface area contributed by atoms with E-state index in [1.54, 1.807) is 11.1 Å². The van der Waals surface area contributed by atoms with Gasteiger partial charge >= 0.3 is 0 Å². The molecule has 4 rings (SSSR count). The van der Waals surface area contributed by atoms with Gasteiger partial charge in [0.1, 0.15) is 17.0 Å². The second kappa shape index (κ2) is 6.60. The van der Waals surface area contributed by atoms with E-state index in [2.05, 4.69) is 27.1 Å². The van der Waals surface area contributed by atoms with Crippen LogP contribution in [0, 0.1) is 0 Å². The van der Waals surface area contributed by atoms with Gasteiger partial charge in [0, 0.05) is 24.9 Å². The van der Waals surface area contributed by atoms with Gasteiger partial charge in [-0.2, -0.15) is 0 Å². The molecule has 0 fully saturated rings. The second-order valence-electron chi connectivity index (χ2n) is 5.94. The van der Waals surface area contributed by atoms with Crippen molar-refractivity contribution in [2.24, 2.45) is 0 Å². The SMILES string of the molecule is Nc1ncnc2c1CN(C(=O)c1cnc(Cc3ccccc3)s1)CC2. The Morgan fingerprint density at radius 2 is 2.04 bits per heavy atom. The molecule has 1 amide bonds. The van der Waals surface area contributed by atoms with Gasteiger partial charge in [0.15, 0.2) is 0 Å². The number of anilines is 1. The number of rotatable bonds is 3. The molecule has 1 aliphatic rings. The van der Waals surface area contributed by atoms with Crippen LogP contribution in [0.25, 0.3) is 0 Å². The Labute approximate surface area is 149 Å². The van der Waals surface area contributed by atoms with E-state index in [0.717, 1.165) is 22.7 Å². The summed E-state index contributed by atoms with van der Waals surface area (Å²) < 4.78 is 0. The van der Waals surface area contributed by atoms with E-state index in [9.17, 15) is 4.79 Å². The minimum absolute atomic E-state index is 0.00860. The summed E-state index contributed by atoms with van der Waals surface area (Å²) in [5, 5.41) is 0.940. The van der Waals surface area contributed by atoms with Crippen LogP contribution in [0.5, 0.6) is 0 Å². The molecule has 0 bridgehead atoms. The molecule has 25 heavy (non-hydrogen) atoms. The summed E-state index contributed by atoms with van der Waals surface area (Å²) in [5.74, 6) is 0.447. The lowest BCUT2D eigenvalue weighted by molar-refractivity contribution is 0.0738. The highest BCUT2D eigenvalue weighted by Gasteiger charge is 2.25. The highest BCUT2D eigenvalue weighted by atomic mass is 32.1. The number of thiazole rings is 1. The predicted octanol–water partition coefficient (Wildman–Crippen LogP) is 2.30. The number of nitrogens with two attached hydrogens (primary N) is 1. The Morgan fingerprint density at radius 1 is 1.20 bits per heavy atom. The van der Waals surface area contributed by atoms with E-state index in [1.165, 1.54) is 23.2 Å². The zero-order chi connectivity index (χ0) is 17.2. The standard InChI is InChI=1S/C18H17N5OS/c19-17-13-10-23(7-6-14(13)21-11-22-17)18(24)15-9-20-16(25-15)8-12-4-2-1-3-5-12/h1-5,9,11H,6-8,10H2,(H2,19,21,22). The molecule has 0 spiro atoms. The Hall–Kier alpha value is -2.80. The first-order valence-electron chi connectivity index (χ1n) is 8.07. The van der Waals surface area contributed by atoms with Crippen LogP contribution in [-0.2, 0) is 19.4 Å². The molecule has 1 aliphatic heterocycles. The van der Waals surface area contributed by atoms with Gasteiger partial charge in [0.2, 0.25) is 0 Å². The van der Waals surface area contributed by atoms with Crippen molar-refractivity contribution in [3.63, 3.8) is 0 Å². The number of nitrogens with zero attached hydrogens (tertiary/aromatic N) is 4. The van der Waals surface area contributed by atoms with Crippen molar-refractivity contribution in [1.82, 2.24) is 19.9 Å². The van der Waals surface area contributed by atoms with Gasteiger partial charge in [-0.3, -0.25) is 4.79 Å². The molecule has 6 nitrogen and oxygen atoms in total. The highest BCUT2D eigenvalue weighted by Crippen LogP contribution is 2.24. The van der Waals surface area contributed by atoms with Gasteiger partial charge in [-0.15, -0.1) is 11.3 Å². The van der Waals surface area contributed by atoms with Crippen molar-refractivity contribution in [3.05, 3.63) is 69.6 Å². The van der Waals surface area contributed by atoms with Crippen LogP contribution in [0.1, 0.15) is 31.5 Å². The summed E-state index contributed by atoms with van der Waals surface area (Å²) in [7, 11) is 0. The third-order valence-electron chi connectivity index (χ3n) is 4.29. The number of hydrogen-bond acceptors (Lipinski definition) is 6. The molecule has 0 aliphatic carbocycles. The van der Waals surface area contributed by atoms with Gasteiger partial charge < -0.3 is 10.6 Å². The molecular formula is C18H17N5OS. The largest absolute Gasteiger partial charge is 0.383 e. The van der Waals surface area contributed by atoms with Crippen molar-refractivity contribution >= 4 is 23.1 Å². The summed E-state index contributed by atoms with van der Waals surface area (Å²) >= 11 is 1.45. The number of benzene rings is 1. The smallest absolute Gasteiger partial charge is 0.265 e. The maximum atomic E-state index is 12.8. The summed E-state index contributed by atoms with van der Waals surface area (Å²) in [6.07, 6.45) is 4.59. The lowest BCUT2D eigenvalue weighted by atomic mass is 10.1. The van der Waals surface area contributed by atoms with E-state index in [0.29, 0.717) is 30.2 Å². The van der Waals surface area contributed by atoms with Crippen LogP contribution in [0.4, 0.5) is 5.82 Å². The first-order chi connectivity index (χ1) is 12.2. The molecular weight excluding hydrogens is 334 g/mol. The Balaban J connectivity index is 1.50. The Morgan fingerprint density at radius 3 is 2.88 bits per heavy atom. The van der Waals surface area contributed by atoms with Gasteiger partial charge in [-0.25, -0.2) is 15.0 Å². The van der Waals surface area contributed by atoms with Crippen molar-refractivity contribution in [1.29, 1.82) is 0 Å². The van der Waals surface area contributed by atoms with Crippen LogP contribution < -0.4 is 5.73 Å². The fourth-order valence-corrected chi connectivity index (χ4v) is 3.87. The molecule has 3 aromatic rings. The van der Waals surface area contributed by atoms with Crippen LogP contribution in [0.3, 0.4) is 0 Å². The van der Waals surface area contributed by atoms with Crippen molar-refractivity contribution < 1.29 is 4.79 Å². The first kappa shape index (κ1) is 15.7. The Bertz CT molecular complexity index is 909. The van der Waals surface area contributed by atoms with Gasteiger partial charge in [0.05, 0.1) is 23.4 Å². The summed E-state index contributed by atoms with van der Waals surface area (Å²) in [5.41, 5.74) is 8.91. The van der Waals surface area contributed by atoms with E-state index in [4.69, 9.17) is 5.73 Å². The van der Waals surface area contributed by atoms with Crippen LogP contribution in [0.15, 0.2) is 42.9 Å². The van der Waals surface area contributed by atoms with Crippen LogP contribution >= 0.6 is 11.3 Å². The molecule has 0 atom stereocenters. The number of carbonyl (C=O) groups is 1. The summed E-state index contributed by atoms with van der Waals surface area (Å²) in [4.78, 5) is 28.0. The molecule has 2 aromatic heterocycles. The minimum atomic E-state index is -0.00860. The minimum Gasteiger partial charge on any atom is -0.383 e. The number of aromatic nitrogens is 3. The molecule has 3 heterocycles. The quantitative estimate of drug-likeness (QED) is 0.783. The molecule has 0 radical (unpaired) electrons. The van der Waals surface area contributed by atoms with Gasteiger partial charge in [-0.1, -0.05) is 30.3 Å². The Kier molecular flexibility index (Phi) is 4.15. The average molecular weight is 351 g/mol. The molecule has 7 heteroatoms. The van der Waals surface area contributed by atoms with Crippen LogP contribution in [0.2, 0.25) is 0 Å². The monoisotopic (exact) mass is 351 g/mol. The highest BCUT2D eigenvalue weighted by molar-refractivity contribution is 7.13. The topological polar surface area (TPSA) is 85.0 Å². The third-order valence-corrected chi connectivity index (χ3v) is 5.27. The molecule has 2 N–H and O–H groups in total. The van der Waals surface area contributed by atoms with Gasteiger partial charge in [-0.05, 0) is 5.56 Å². The van der Waals surface area contributed by atoms with Crippen molar-refractivity contribution in [2.75, 3.05) is 12.3 Å². The van der Waals surface area contributed by atoms with Crippen molar-refractivity contribution in [2.45, 2.75) is 19.4 Å². The fourth-order valence-electron chi connectivity index (χ4n) is 2.95. The van der Waals surface area contributed by atoms with Gasteiger partial charge in [0.25, 0.3) is 5.91 Å². The maximum Gasteiger partial charge on any atom is 0.265 e. The summed E-state index contributed by atoms with van der Waals surface area (Å²) in [6.45, 7) is 1.08. The van der Waals surface area contributed by atoms with E-state index in [-0.39, 0.29) is 5.91 Å². The normalized spacial score (nSPS) is 13.5. The van der Waals surface area contributed by atoms with E-state index < -0.39 is 0 Å². The third kappa shape index (κ3) is 3.23. The fraction of sp³-hybridized carbons (Fsp3) is 0.222. The zero-order valence-electron chi connectivity index (χ0n) is 13.6. The average Bonchev–Trinajstić information content (AvgIpc) is 3.10. The molecule has 0 unspecified atom stereocenters. The zero-order valence-corrected chi connectivity index (χ0v) is 14.4. The first-order valence-corrected chi connectivity index (χ1v) is 8.88. The second-order valence-corrected chi connectivity index (χ2v) is 7.06. The predicted molar refractivity (Wildman–Crippen MR) is 96.3 cm³/mol. The summed E-state index contributed by atoms with van der Waals surface area (Å²) in [6, 6.07) is 10.1. The van der Waals surface area contributed by atoms with E-state index in [1.807, 2.05) is 18.2 Å². The number of amides is 1. The molecule has 0 saturated carbocycles.